The number of hydrogen-bond donors (Lipinski definition) is 1. The van der Waals surface area contributed by atoms with Crippen molar-refractivity contribution in [3.05, 3.63) is 27.2 Å². The van der Waals surface area contributed by atoms with E-state index < -0.39 is 0 Å². The number of anilines is 1. The highest BCUT2D eigenvalue weighted by molar-refractivity contribution is 9.10. The SMILES string of the molecule is Cc1cc(Cl)cc(Br)c1NN=C(C#N)C#N. The van der Waals surface area contributed by atoms with Gasteiger partial charge in [-0.25, -0.2) is 0 Å². The summed E-state index contributed by atoms with van der Waals surface area (Å²) >= 11 is 9.15. The summed E-state index contributed by atoms with van der Waals surface area (Å²) in [5.41, 5.74) is 3.95. The molecule has 0 unspecified atom stereocenters. The number of nitrogens with one attached hydrogen (secondary N) is 1. The Morgan fingerprint density at radius 1 is 1.44 bits per heavy atom. The van der Waals surface area contributed by atoms with Gasteiger partial charge in [0.05, 0.1) is 5.69 Å². The summed E-state index contributed by atoms with van der Waals surface area (Å²) in [6.45, 7) is 1.84. The summed E-state index contributed by atoms with van der Waals surface area (Å²) in [5, 5.41) is 21.3. The van der Waals surface area contributed by atoms with Gasteiger partial charge in [0.15, 0.2) is 0 Å². The molecule has 0 fully saturated rings. The van der Waals surface area contributed by atoms with Gasteiger partial charge in [-0.1, -0.05) is 11.6 Å². The van der Waals surface area contributed by atoms with Crippen molar-refractivity contribution in [1.82, 2.24) is 0 Å². The molecule has 6 heteroatoms. The van der Waals surface area contributed by atoms with Gasteiger partial charge in [0.2, 0.25) is 5.71 Å². The van der Waals surface area contributed by atoms with Crippen LogP contribution >= 0.6 is 27.5 Å². The Balaban J connectivity index is 3.05. The third-order valence-corrected chi connectivity index (χ3v) is 2.59. The first kappa shape index (κ1) is 12.5. The van der Waals surface area contributed by atoms with Gasteiger partial charge in [-0.05, 0) is 40.5 Å². The molecule has 80 valence electrons. The van der Waals surface area contributed by atoms with E-state index in [1.807, 2.05) is 6.92 Å². The molecule has 0 saturated heterocycles. The maximum absolute atomic E-state index is 8.51. The molecule has 1 aromatic carbocycles. The van der Waals surface area contributed by atoms with Crippen molar-refractivity contribution in [2.45, 2.75) is 6.92 Å². The van der Waals surface area contributed by atoms with Gasteiger partial charge in [-0.15, -0.1) is 0 Å². The number of benzene rings is 1. The molecule has 16 heavy (non-hydrogen) atoms. The Hall–Kier alpha value is -1.56. The van der Waals surface area contributed by atoms with Crippen LogP contribution in [-0.2, 0) is 0 Å². The van der Waals surface area contributed by atoms with Gasteiger partial charge in [0.1, 0.15) is 12.1 Å². The van der Waals surface area contributed by atoms with E-state index in [9.17, 15) is 0 Å². The summed E-state index contributed by atoms with van der Waals surface area (Å²) in [5.74, 6) is 0. The van der Waals surface area contributed by atoms with E-state index in [4.69, 9.17) is 22.1 Å². The third-order valence-electron chi connectivity index (χ3n) is 1.74. The summed E-state index contributed by atoms with van der Waals surface area (Å²) in [6.07, 6.45) is 0. The van der Waals surface area contributed by atoms with Crippen molar-refractivity contribution in [3.63, 3.8) is 0 Å². The molecule has 0 heterocycles. The fourth-order valence-corrected chi connectivity index (χ4v) is 2.08. The van der Waals surface area contributed by atoms with Crippen molar-refractivity contribution in [2.24, 2.45) is 5.10 Å². The largest absolute Gasteiger partial charge is 0.275 e. The summed E-state index contributed by atoms with van der Waals surface area (Å²) in [7, 11) is 0. The van der Waals surface area contributed by atoms with E-state index in [2.05, 4.69) is 26.5 Å². The highest BCUT2D eigenvalue weighted by Gasteiger charge is 2.05. The van der Waals surface area contributed by atoms with Crippen LogP contribution in [0, 0.1) is 29.6 Å². The summed E-state index contributed by atoms with van der Waals surface area (Å²) in [4.78, 5) is 0. The number of aryl methyl sites for hydroxylation is 1. The Morgan fingerprint density at radius 3 is 2.56 bits per heavy atom. The molecule has 1 N–H and O–H groups in total. The monoisotopic (exact) mass is 296 g/mol. The van der Waals surface area contributed by atoms with E-state index in [0.717, 1.165) is 10.0 Å². The molecule has 0 aliphatic carbocycles. The second-order valence-electron chi connectivity index (χ2n) is 2.88. The lowest BCUT2D eigenvalue weighted by Crippen LogP contribution is -1.98. The first-order valence-corrected chi connectivity index (χ1v) is 5.35. The second-order valence-corrected chi connectivity index (χ2v) is 4.17. The predicted molar refractivity (Wildman–Crippen MR) is 66.2 cm³/mol. The standard InChI is InChI=1S/C10H6BrClN4/c1-6-2-7(12)3-9(11)10(6)16-15-8(4-13)5-14/h2-3,16H,1H3. The lowest BCUT2D eigenvalue weighted by atomic mass is 10.2. The van der Waals surface area contributed by atoms with Crippen LogP contribution in [-0.4, -0.2) is 5.71 Å². The molecule has 0 amide bonds. The average molecular weight is 298 g/mol. The van der Waals surface area contributed by atoms with Crippen LogP contribution in [0.5, 0.6) is 0 Å². The molecule has 1 rings (SSSR count). The number of rotatable bonds is 2. The number of hydrogen-bond acceptors (Lipinski definition) is 4. The van der Waals surface area contributed by atoms with Gasteiger partial charge < -0.3 is 0 Å². The van der Waals surface area contributed by atoms with E-state index in [-0.39, 0.29) is 5.71 Å². The minimum Gasteiger partial charge on any atom is -0.275 e. The van der Waals surface area contributed by atoms with E-state index in [1.54, 1.807) is 24.3 Å². The molecule has 0 bridgehead atoms. The molecule has 4 nitrogen and oxygen atoms in total. The van der Waals surface area contributed by atoms with E-state index in [1.165, 1.54) is 0 Å². The highest BCUT2D eigenvalue weighted by atomic mass is 79.9. The van der Waals surface area contributed by atoms with Gasteiger partial charge in [-0.2, -0.15) is 15.6 Å². The minimum absolute atomic E-state index is 0.235. The Morgan fingerprint density at radius 2 is 2.06 bits per heavy atom. The van der Waals surface area contributed by atoms with Crippen molar-refractivity contribution >= 4 is 38.9 Å². The molecule has 0 aliphatic heterocycles. The number of nitrogens with zero attached hydrogens (tertiary/aromatic N) is 3. The van der Waals surface area contributed by atoms with Crippen LogP contribution in [0.25, 0.3) is 0 Å². The van der Waals surface area contributed by atoms with Crippen molar-refractivity contribution in [2.75, 3.05) is 5.43 Å². The fourth-order valence-electron chi connectivity index (χ4n) is 1.03. The Bertz CT molecular complexity index is 486. The molecule has 1 aromatic rings. The van der Waals surface area contributed by atoms with Gasteiger partial charge >= 0.3 is 0 Å². The van der Waals surface area contributed by atoms with Gasteiger partial charge in [-0.3, -0.25) is 5.43 Å². The van der Waals surface area contributed by atoms with Crippen LogP contribution in [0.3, 0.4) is 0 Å². The zero-order valence-corrected chi connectivity index (χ0v) is 10.6. The first-order chi connectivity index (χ1) is 7.58. The molecule has 0 aromatic heterocycles. The number of halogens is 2. The van der Waals surface area contributed by atoms with Crippen molar-refractivity contribution < 1.29 is 0 Å². The average Bonchev–Trinajstić information content (AvgIpc) is 2.22. The molecular formula is C10H6BrClN4. The molecule has 0 saturated carbocycles. The topological polar surface area (TPSA) is 72.0 Å². The highest BCUT2D eigenvalue weighted by Crippen LogP contribution is 2.29. The minimum atomic E-state index is -0.235. The van der Waals surface area contributed by atoms with Gasteiger partial charge in [0.25, 0.3) is 0 Å². The number of nitriles is 2. The Kier molecular flexibility index (Phi) is 4.30. The third kappa shape index (κ3) is 2.96. The first-order valence-electron chi connectivity index (χ1n) is 4.18. The fraction of sp³-hybridized carbons (Fsp3) is 0.100. The summed E-state index contributed by atoms with van der Waals surface area (Å²) < 4.78 is 0.719. The lowest BCUT2D eigenvalue weighted by Gasteiger charge is -2.07. The number of hydrazone groups is 1. The maximum atomic E-state index is 8.51. The predicted octanol–water partition coefficient (Wildman–Crippen LogP) is 3.23. The molecule has 0 radical (unpaired) electrons. The molecule has 0 spiro atoms. The molecule has 0 atom stereocenters. The normalized spacial score (nSPS) is 8.81. The van der Waals surface area contributed by atoms with Crippen molar-refractivity contribution in [3.8, 4) is 12.1 Å². The van der Waals surface area contributed by atoms with Crippen LogP contribution in [0.1, 0.15) is 5.56 Å². The smallest absolute Gasteiger partial charge is 0.237 e. The molecule has 0 aliphatic rings. The second kappa shape index (κ2) is 5.50. The zero-order chi connectivity index (χ0) is 12.1. The maximum Gasteiger partial charge on any atom is 0.237 e. The van der Waals surface area contributed by atoms with E-state index >= 15 is 0 Å². The lowest BCUT2D eigenvalue weighted by molar-refractivity contribution is 1.29. The van der Waals surface area contributed by atoms with Crippen LogP contribution < -0.4 is 5.43 Å². The van der Waals surface area contributed by atoms with Crippen LogP contribution in [0.15, 0.2) is 21.7 Å². The van der Waals surface area contributed by atoms with E-state index in [0.29, 0.717) is 10.7 Å². The molecular weight excluding hydrogens is 291 g/mol. The van der Waals surface area contributed by atoms with Crippen molar-refractivity contribution in [1.29, 1.82) is 10.5 Å². The quantitative estimate of drug-likeness (QED) is 0.673. The van der Waals surface area contributed by atoms with Crippen LogP contribution in [0.4, 0.5) is 5.69 Å². The van der Waals surface area contributed by atoms with Crippen LogP contribution in [0.2, 0.25) is 5.02 Å². The zero-order valence-electron chi connectivity index (χ0n) is 8.25. The summed E-state index contributed by atoms with van der Waals surface area (Å²) in [6, 6.07) is 6.77. The van der Waals surface area contributed by atoms with Gasteiger partial charge in [0, 0.05) is 9.50 Å². The Labute approximate surface area is 106 Å².